The molecule has 0 bridgehead atoms. The Kier molecular flexibility index (Phi) is 1.35. The predicted octanol–water partition coefficient (Wildman–Crippen LogP) is -0.245. The van der Waals surface area contributed by atoms with Gasteiger partial charge in [-0.3, -0.25) is 5.01 Å². The molecule has 0 aromatic heterocycles. The van der Waals surface area contributed by atoms with Crippen LogP contribution in [-0.4, -0.2) is 42.9 Å². The van der Waals surface area contributed by atoms with Crippen molar-refractivity contribution < 1.29 is 4.79 Å². The second-order valence-electron chi connectivity index (χ2n) is 2.12. The quantitative estimate of drug-likeness (QED) is 0.430. The molecule has 5 heteroatoms. The van der Waals surface area contributed by atoms with Crippen LogP contribution in [0, 0.1) is 0 Å². The Hall–Kier alpha value is -1.13. The topological polar surface area (TPSA) is 26.8 Å². The van der Waals surface area contributed by atoms with Crippen LogP contribution in [0.25, 0.3) is 0 Å². The zero-order chi connectivity index (χ0) is 7.89. The molecule has 0 aliphatic carbocycles. The highest BCUT2D eigenvalue weighted by Crippen LogP contribution is 2.16. The third kappa shape index (κ3) is 0.666. The van der Waals surface area contributed by atoms with Gasteiger partial charge in [-0.1, -0.05) is 6.58 Å². The van der Waals surface area contributed by atoms with Crippen molar-refractivity contribution in [2.24, 2.45) is 0 Å². The van der Waals surface area contributed by atoms with Crippen LogP contribution in [0.1, 0.15) is 0 Å². The highest BCUT2D eigenvalue weighted by molar-refractivity contribution is 6.15. The van der Waals surface area contributed by atoms with E-state index in [4.69, 9.17) is 7.98 Å². The van der Waals surface area contributed by atoms with Crippen LogP contribution < -0.4 is 0 Å². The lowest BCUT2D eigenvalue weighted by molar-refractivity contribution is 0.132. The van der Waals surface area contributed by atoms with Gasteiger partial charge in [-0.2, -0.15) is 0 Å². The first-order valence-corrected chi connectivity index (χ1v) is 2.80. The number of rotatable bonds is 0. The minimum Gasteiger partial charge on any atom is -0.336 e. The van der Waals surface area contributed by atoms with Crippen LogP contribution in [0.3, 0.4) is 0 Å². The number of urea groups is 1. The van der Waals surface area contributed by atoms with Gasteiger partial charge in [0, 0.05) is 14.1 Å². The average Bonchev–Trinajstić information content (AvgIpc) is 2.07. The minimum absolute atomic E-state index is 0.271. The summed E-state index contributed by atoms with van der Waals surface area (Å²) in [4.78, 5) is 12.0. The van der Waals surface area contributed by atoms with Gasteiger partial charge in [0.05, 0.1) is 0 Å². The van der Waals surface area contributed by atoms with Crippen molar-refractivity contribution in [3.8, 4) is 0 Å². The lowest BCUT2D eigenvalue weighted by Gasteiger charge is -2.18. The highest BCUT2D eigenvalue weighted by atomic mass is 16.2. The number of carbonyl (C=O) groups excluding carboxylic acids is 1. The summed E-state index contributed by atoms with van der Waals surface area (Å²) in [6.45, 7) is 3.58. The Morgan fingerprint density at radius 2 is 1.90 bits per heavy atom. The van der Waals surface area contributed by atoms with Crippen LogP contribution in [0.5, 0.6) is 0 Å². The molecule has 2 radical (unpaired) electrons. The van der Waals surface area contributed by atoms with E-state index in [1.165, 1.54) is 5.01 Å². The molecule has 0 atom stereocenters. The maximum atomic E-state index is 11.0. The molecule has 0 N–H and O–H groups in total. The highest BCUT2D eigenvalue weighted by Gasteiger charge is 2.29. The van der Waals surface area contributed by atoms with Crippen molar-refractivity contribution in [2.45, 2.75) is 0 Å². The van der Waals surface area contributed by atoms with Crippen LogP contribution >= 0.6 is 0 Å². The molecule has 0 aromatic carbocycles. The lowest BCUT2D eigenvalue weighted by Crippen LogP contribution is -2.31. The molecule has 52 valence electrons. The summed E-state index contributed by atoms with van der Waals surface area (Å²) in [7, 11) is 8.64. The first kappa shape index (κ1) is 6.99. The summed E-state index contributed by atoms with van der Waals surface area (Å²) in [6, 6.07) is -0.271. The van der Waals surface area contributed by atoms with E-state index in [2.05, 4.69) is 6.58 Å². The summed E-state index contributed by atoms with van der Waals surface area (Å²) in [5, 5.41) is 2.95. The third-order valence-electron chi connectivity index (χ3n) is 1.58. The number of carbonyl (C=O) groups is 1. The molecular weight excluding hydrogens is 129 g/mol. The van der Waals surface area contributed by atoms with Crippen molar-refractivity contribution in [1.29, 1.82) is 0 Å². The standard InChI is InChI=1S/C5H8BN3O/c1-4-7(2)8(3)5(10)9(4)6/h1H2,2-3H3. The Balaban J connectivity index is 2.89. The van der Waals surface area contributed by atoms with E-state index in [1.807, 2.05) is 0 Å². The predicted molar refractivity (Wildman–Crippen MR) is 37.7 cm³/mol. The van der Waals surface area contributed by atoms with Gasteiger partial charge in [0.2, 0.25) is 7.98 Å². The van der Waals surface area contributed by atoms with Gasteiger partial charge >= 0.3 is 6.03 Å². The van der Waals surface area contributed by atoms with Gasteiger partial charge in [-0.15, -0.1) is 0 Å². The minimum atomic E-state index is -0.271. The molecule has 1 rings (SSSR count). The van der Waals surface area contributed by atoms with E-state index in [-0.39, 0.29) is 6.03 Å². The summed E-state index contributed by atoms with van der Waals surface area (Å²) >= 11 is 0. The molecule has 1 aliphatic rings. The van der Waals surface area contributed by atoms with Gasteiger partial charge in [-0.05, 0) is 0 Å². The largest absolute Gasteiger partial charge is 0.336 e. The molecule has 10 heavy (non-hydrogen) atoms. The van der Waals surface area contributed by atoms with E-state index < -0.39 is 0 Å². The van der Waals surface area contributed by atoms with Crippen molar-refractivity contribution in [3.63, 3.8) is 0 Å². The number of hydrazine groups is 1. The van der Waals surface area contributed by atoms with Gasteiger partial charge in [0.15, 0.2) is 0 Å². The second-order valence-corrected chi connectivity index (χ2v) is 2.12. The first-order valence-electron chi connectivity index (χ1n) is 2.80. The second kappa shape index (κ2) is 1.93. The van der Waals surface area contributed by atoms with Crippen LogP contribution in [0.4, 0.5) is 4.79 Å². The first-order chi connectivity index (χ1) is 4.55. The Morgan fingerprint density at radius 1 is 1.40 bits per heavy atom. The van der Waals surface area contributed by atoms with Gasteiger partial charge in [0.25, 0.3) is 0 Å². The molecule has 0 spiro atoms. The SMILES string of the molecule is [B]N1C(=C)N(C)N(C)C1=O. The maximum Gasteiger partial charge on any atom is 0.330 e. The van der Waals surface area contributed by atoms with Gasteiger partial charge in [0.1, 0.15) is 5.82 Å². The molecule has 1 saturated heterocycles. The molecule has 0 aromatic rings. The fourth-order valence-electron chi connectivity index (χ4n) is 0.724. The Bertz CT molecular complexity index is 173. The Labute approximate surface area is 61.1 Å². The fraction of sp³-hybridized carbons (Fsp3) is 0.400. The summed E-state index contributed by atoms with van der Waals surface area (Å²) in [6.07, 6.45) is 0. The van der Waals surface area contributed by atoms with Crippen molar-refractivity contribution in [2.75, 3.05) is 14.1 Å². The number of nitrogens with zero attached hydrogens (tertiary/aromatic N) is 3. The zero-order valence-corrected chi connectivity index (χ0v) is 6.03. The van der Waals surface area contributed by atoms with Crippen LogP contribution in [0.15, 0.2) is 12.4 Å². The van der Waals surface area contributed by atoms with Gasteiger partial charge in [-0.25, -0.2) is 9.80 Å². The molecule has 0 unspecified atom stereocenters. The molecule has 0 saturated carbocycles. The lowest BCUT2D eigenvalue weighted by atomic mass is 10.3. The normalized spacial score (nSPS) is 19.2. The zero-order valence-electron chi connectivity index (χ0n) is 6.03. The van der Waals surface area contributed by atoms with E-state index >= 15 is 0 Å². The molecule has 1 heterocycles. The van der Waals surface area contributed by atoms with Crippen molar-refractivity contribution in [1.82, 2.24) is 14.8 Å². The summed E-state index contributed by atoms with van der Waals surface area (Å²) in [5.41, 5.74) is 0. The maximum absolute atomic E-state index is 11.0. The van der Waals surface area contributed by atoms with E-state index in [9.17, 15) is 4.79 Å². The summed E-state index contributed by atoms with van der Waals surface area (Å²) < 4.78 is 0. The van der Waals surface area contributed by atoms with Crippen LogP contribution in [0.2, 0.25) is 0 Å². The van der Waals surface area contributed by atoms with E-state index in [0.717, 1.165) is 4.81 Å². The monoisotopic (exact) mass is 137 g/mol. The molecule has 1 fully saturated rings. The molecule has 4 nitrogen and oxygen atoms in total. The van der Waals surface area contributed by atoms with Gasteiger partial charge < -0.3 is 4.81 Å². The summed E-state index contributed by atoms with van der Waals surface area (Å²) in [5.74, 6) is 0.479. The fourth-order valence-corrected chi connectivity index (χ4v) is 0.724. The number of hydrogen-bond donors (Lipinski definition) is 0. The smallest absolute Gasteiger partial charge is 0.330 e. The van der Waals surface area contributed by atoms with Crippen molar-refractivity contribution >= 4 is 14.0 Å². The number of amides is 2. The third-order valence-corrected chi connectivity index (χ3v) is 1.58. The Morgan fingerprint density at radius 3 is 2.00 bits per heavy atom. The molecule has 2 amide bonds. The van der Waals surface area contributed by atoms with Crippen LogP contribution in [-0.2, 0) is 0 Å². The van der Waals surface area contributed by atoms with E-state index in [0.29, 0.717) is 5.82 Å². The number of hydrogen-bond acceptors (Lipinski definition) is 2. The average molecular weight is 137 g/mol. The van der Waals surface area contributed by atoms with E-state index in [1.54, 1.807) is 19.1 Å². The molecule has 1 aliphatic heterocycles. The van der Waals surface area contributed by atoms with Crippen molar-refractivity contribution in [3.05, 3.63) is 12.4 Å². The molecular formula is C5H8BN3O.